The van der Waals surface area contributed by atoms with E-state index in [9.17, 15) is 22.0 Å². The summed E-state index contributed by atoms with van der Waals surface area (Å²) in [7, 11) is -3.59. The fourth-order valence-electron chi connectivity index (χ4n) is 2.74. The molecule has 0 saturated carbocycles. The summed E-state index contributed by atoms with van der Waals surface area (Å²) in [6.07, 6.45) is 1.09. The minimum absolute atomic E-state index is 0.0354. The number of hydrogen-bond donors (Lipinski definition) is 1. The molecule has 0 heterocycles. The Morgan fingerprint density at radius 2 is 1.73 bits per heavy atom. The summed E-state index contributed by atoms with van der Waals surface area (Å²) in [6, 6.07) is 15.5. The van der Waals surface area contributed by atoms with Crippen LogP contribution in [-0.2, 0) is 16.6 Å². The zero-order valence-electron chi connectivity index (χ0n) is 15.8. The summed E-state index contributed by atoms with van der Waals surface area (Å²) in [5.74, 6) is -2.21. The molecule has 0 radical (unpaired) electrons. The first-order valence-electron chi connectivity index (χ1n) is 8.72. The molecule has 0 unspecified atom stereocenters. The van der Waals surface area contributed by atoms with Crippen LogP contribution < -0.4 is 9.62 Å². The molecular weight excluding hydrogens is 434 g/mol. The highest BCUT2D eigenvalue weighted by Gasteiger charge is 2.18. The summed E-state index contributed by atoms with van der Waals surface area (Å²) in [5, 5.41) is 2.77. The van der Waals surface area contributed by atoms with Crippen molar-refractivity contribution in [2.45, 2.75) is 6.54 Å². The molecule has 3 rings (SSSR count). The van der Waals surface area contributed by atoms with Crippen LogP contribution in [0.15, 0.2) is 66.7 Å². The van der Waals surface area contributed by atoms with Gasteiger partial charge in [-0.15, -0.1) is 0 Å². The second-order valence-corrected chi connectivity index (χ2v) is 8.87. The van der Waals surface area contributed by atoms with Crippen LogP contribution in [0.4, 0.5) is 20.2 Å². The largest absolute Gasteiger partial charge is 0.319 e. The predicted molar refractivity (Wildman–Crippen MR) is 113 cm³/mol. The molecule has 3 aromatic carbocycles. The molecule has 0 spiro atoms. The lowest BCUT2D eigenvalue weighted by atomic mass is 10.1. The van der Waals surface area contributed by atoms with E-state index < -0.39 is 27.6 Å². The summed E-state index contributed by atoms with van der Waals surface area (Å²) in [4.78, 5) is 12.3. The topological polar surface area (TPSA) is 66.5 Å². The van der Waals surface area contributed by atoms with Gasteiger partial charge in [0.25, 0.3) is 5.91 Å². The van der Waals surface area contributed by atoms with Crippen LogP contribution in [-0.4, -0.2) is 20.6 Å². The Morgan fingerprint density at radius 1 is 1.03 bits per heavy atom. The van der Waals surface area contributed by atoms with Gasteiger partial charge in [0.05, 0.1) is 24.2 Å². The number of benzene rings is 3. The molecule has 0 aliphatic rings. The van der Waals surface area contributed by atoms with Gasteiger partial charge in [0.2, 0.25) is 10.0 Å². The SMILES string of the molecule is CS(=O)(=O)N(Cc1ccc(C(=O)Nc2ccc(F)cc2F)cc1)c1cccc(Cl)c1. The number of carbonyl (C=O) groups is 1. The molecule has 0 aromatic heterocycles. The molecule has 0 fully saturated rings. The van der Waals surface area contributed by atoms with Crippen molar-refractivity contribution < 1.29 is 22.0 Å². The maximum absolute atomic E-state index is 13.7. The summed E-state index contributed by atoms with van der Waals surface area (Å²) in [6.45, 7) is 0.0354. The van der Waals surface area contributed by atoms with Crippen LogP contribution in [0.1, 0.15) is 15.9 Å². The van der Waals surface area contributed by atoms with Crippen molar-refractivity contribution in [2.75, 3.05) is 15.9 Å². The number of carbonyl (C=O) groups excluding carboxylic acids is 1. The smallest absolute Gasteiger partial charge is 0.255 e. The number of sulfonamides is 1. The van der Waals surface area contributed by atoms with Crippen molar-refractivity contribution in [3.63, 3.8) is 0 Å². The van der Waals surface area contributed by atoms with E-state index in [1.807, 2.05) is 0 Å². The van der Waals surface area contributed by atoms with Crippen molar-refractivity contribution in [1.29, 1.82) is 0 Å². The number of rotatable bonds is 6. The Kier molecular flexibility index (Phi) is 6.38. The van der Waals surface area contributed by atoms with E-state index >= 15 is 0 Å². The van der Waals surface area contributed by atoms with Gasteiger partial charge in [-0.25, -0.2) is 17.2 Å². The van der Waals surface area contributed by atoms with Crippen molar-refractivity contribution in [3.05, 3.63) is 94.5 Å². The van der Waals surface area contributed by atoms with Gasteiger partial charge in [0, 0.05) is 16.7 Å². The lowest BCUT2D eigenvalue weighted by Gasteiger charge is -2.22. The van der Waals surface area contributed by atoms with Crippen LogP contribution in [0.2, 0.25) is 5.02 Å². The predicted octanol–water partition coefficient (Wildman–Crippen LogP) is 4.84. The molecule has 1 N–H and O–H groups in total. The third-order valence-electron chi connectivity index (χ3n) is 4.22. The van der Waals surface area contributed by atoms with Crippen LogP contribution in [0.5, 0.6) is 0 Å². The maximum Gasteiger partial charge on any atom is 0.255 e. The standard InChI is InChI=1S/C21H17ClF2N2O3S/c1-30(28,29)26(18-4-2-3-16(22)11-18)13-14-5-7-15(8-6-14)21(27)25-20-10-9-17(23)12-19(20)24/h2-12H,13H2,1H3,(H,25,27). The summed E-state index contributed by atoms with van der Waals surface area (Å²) in [5.41, 5.74) is 1.13. The average Bonchev–Trinajstić information content (AvgIpc) is 2.68. The monoisotopic (exact) mass is 450 g/mol. The maximum atomic E-state index is 13.7. The Balaban J connectivity index is 1.77. The highest BCUT2D eigenvalue weighted by molar-refractivity contribution is 7.92. The first-order chi connectivity index (χ1) is 14.1. The molecule has 0 atom stereocenters. The molecule has 1 amide bonds. The van der Waals surface area contributed by atoms with Gasteiger partial charge in [0.15, 0.2) is 0 Å². The third kappa shape index (κ3) is 5.34. The quantitative estimate of drug-likeness (QED) is 0.584. The number of anilines is 2. The highest BCUT2D eigenvalue weighted by Crippen LogP contribution is 2.24. The lowest BCUT2D eigenvalue weighted by molar-refractivity contribution is 0.102. The number of hydrogen-bond acceptors (Lipinski definition) is 3. The van der Waals surface area contributed by atoms with Gasteiger partial charge in [-0.1, -0.05) is 29.8 Å². The van der Waals surface area contributed by atoms with Crippen LogP contribution in [0, 0.1) is 11.6 Å². The Bertz CT molecular complexity index is 1190. The number of halogens is 3. The molecule has 0 aliphatic carbocycles. The minimum atomic E-state index is -3.59. The molecule has 0 saturated heterocycles. The van der Waals surface area contributed by atoms with E-state index in [1.165, 1.54) is 16.4 Å². The van der Waals surface area contributed by atoms with Crippen LogP contribution >= 0.6 is 11.6 Å². The normalized spacial score (nSPS) is 11.2. The molecule has 0 bridgehead atoms. The lowest BCUT2D eigenvalue weighted by Crippen LogP contribution is -2.29. The van der Waals surface area contributed by atoms with Crippen LogP contribution in [0.25, 0.3) is 0 Å². The van der Waals surface area contributed by atoms with Gasteiger partial charge in [-0.2, -0.15) is 0 Å². The Morgan fingerprint density at radius 3 is 2.33 bits per heavy atom. The second-order valence-electron chi connectivity index (χ2n) is 6.52. The summed E-state index contributed by atoms with van der Waals surface area (Å²) >= 11 is 5.97. The molecule has 3 aromatic rings. The van der Waals surface area contributed by atoms with Gasteiger partial charge in [-0.3, -0.25) is 9.10 Å². The molecule has 0 aliphatic heterocycles. The van der Waals surface area contributed by atoms with Crippen molar-refractivity contribution in [3.8, 4) is 0 Å². The second kappa shape index (κ2) is 8.81. The zero-order valence-corrected chi connectivity index (χ0v) is 17.3. The van der Waals surface area contributed by atoms with E-state index in [-0.39, 0.29) is 17.8 Å². The zero-order chi connectivity index (χ0) is 21.9. The molecule has 9 heteroatoms. The van der Waals surface area contributed by atoms with Crippen LogP contribution in [0.3, 0.4) is 0 Å². The highest BCUT2D eigenvalue weighted by atomic mass is 35.5. The van der Waals surface area contributed by atoms with Crippen molar-refractivity contribution in [2.24, 2.45) is 0 Å². The van der Waals surface area contributed by atoms with E-state index in [0.717, 1.165) is 18.4 Å². The number of nitrogens with one attached hydrogen (secondary N) is 1. The van der Waals surface area contributed by atoms with Crippen molar-refractivity contribution >= 4 is 38.9 Å². The van der Waals surface area contributed by atoms with Gasteiger partial charge in [0.1, 0.15) is 11.6 Å². The van der Waals surface area contributed by atoms with Gasteiger partial charge < -0.3 is 5.32 Å². The number of amides is 1. The third-order valence-corrected chi connectivity index (χ3v) is 5.59. The van der Waals surface area contributed by atoms with Gasteiger partial charge >= 0.3 is 0 Å². The Hall–Kier alpha value is -2.97. The first kappa shape index (κ1) is 21.7. The van der Waals surface area contributed by atoms with Gasteiger partial charge in [-0.05, 0) is 48.0 Å². The molecule has 156 valence electrons. The molecule has 30 heavy (non-hydrogen) atoms. The fourth-order valence-corrected chi connectivity index (χ4v) is 3.81. The first-order valence-corrected chi connectivity index (χ1v) is 10.9. The average molecular weight is 451 g/mol. The van der Waals surface area contributed by atoms with E-state index in [0.29, 0.717) is 22.3 Å². The number of nitrogens with zero attached hydrogens (tertiary/aromatic N) is 1. The van der Waals surface area contributed by atoms with E-state index in [1.54, 1.807) is 36.4 Å². The van der Waals surface area contributed by atoms with E-state index in [2.05, 4.69) is 5.32 Å². The Labute approximate surface area is 178 Å². The minimum Gasteiger partial charge on any atom is -0.319 e. The fraction of sp³-hybridized carbons (Fsp3) is 0.0952. The van der Waals surface area contributed by atoms with Crippen molar-refractivity contribution in [1.82, 2.24) is 0 Å². The summed E-state index contributed by atoms with van der Waals surface area (Å²) < 4.78 is 52.4. The van der Waals surface area contributed by atoms with E-state index in [4.69, 9.17) is 11.6 Å². The molecule has 5 nitrogen and oxygen atoms in total. The molecular formula is C21H17ClF2N2O3S.